The number of aromatic nitrogens is 2. The van der Waals surface area contributed by atoms with Crippen molar-refractivity contribution in [2.24, 2.45) is 0 Å². The third kappa shape index (κ3) is 3.17. The van der Waals surface area contributed by atoms with Gasteiger partial charge in [-0.05, 0) is 46.9 Å². The molecule has 1 aromatic heterocycles. The topological polar surface area (TPSA) is 46.0 Å². The molecule has 0 spiro atoms. The molecule has 3 nitrogen and oxygen atoms in total. The molecule has 0 amide bonds. The number of phenolic OH excluding ortho intramolecular Hbond substituents is 1. The van der Waals surface area contributed by atoms with Crippen molar-refractivity contribution in [3.8, 4) is 17.1 Å². The Morgan fingerprint density at radius 3 is 2.21 bits per heavy atom. The Morgan fingerprint density at radius 2 is 1.68 bits per heavy atom. The predicted molar refractivity (Wildman–Crippen MR) is 85.6 cm³/mol. The summed E-state index contributed by atoms with van der Waals surface area (Å²) >= 11 is 8.37. The van der Waals surface area contributed by atoms with Crippen molar-refractivity contribution in [1.82, 2.24) is 9.97 Å². The van der Waals surface area contributed by atoms with Crippen molar-refractivity contribution in [3.63, 3.8) is 0 Å². The summed E-state index contributed by atoms with van der Waals surface area (Å²) in [7, 11) is 0. The van der Waals surface area contributed by atoms with Crippen LogP contribution in [0.2, 0.25) is 5.15 Å². The average molecular weight is 389 g/mol. The van der Waals surface area contributed by atoms with Crippen LogP contribution in [0.25, 0.3) is 11.4 Å². The summed E-state index contributed by atoms with van der Waals surface area (Å²) in [6, 6.07) is 6.78. The number of benzene rings is 1. The van der Waals surface area contributed by atoms with Crippen LogP contribution in [0.5, 0.6) is 5.75 Å². The fraction of sp³-hybridized carbons (Fsp3) is 0.286. The zero-order valence-corrected chi connectivity index (χ0v) is 13.8. The van der Waals surface area contributed by atoms with E-state index in [0.717, 1.165) is 14.8 Å². The first kappa shape index (κ1) is 14.5. The van der Waals surface area contributed by atoms with Crippen molar-refractivity contribution in [2.75, 3.05) is 0 Å². The zero-order valence-electron chi connectivity index (χ0n) is 10.9. The van der Waals surface area contributed by atoms with Gasteiger partial charge in [0, 0.05) is 11.0 Å². The SMILES string of the molecule is CC(C)(C)c1nc(-c2ccc(O)cc2)nc(Cl)c1I. The molecule has 1 N–H and O–H groups in total. The number of rotatable bonds is 1. The first-order valence-corrected chi connectivity index (χ1v) is 7.27. The molecule has 19 heavy (non-hydrogen) atoms. The second kappa shape index (κ2) is 5.25. The predicted octanol–water partition coefficient (Wildman–Crippen LogP) is 4.40. The molecule has 0 atom stereocenters. The van der Waals surface area contributed by atoms with Gasteiger partial charge in [0.15, 0.2) is 5.82 Å². The molecule has 0 fully saturated rings. The lowest BCUT2D eigenvalue weighted by atomic mass is 9.92. The fourth-order valence-corrected chi connectivity index (χ4v) is 2.88. The molecule has 2 rings (SSSR count). The number of hydrogen-bond acceptors (Lipinski definition) is 3. The van der Waals surface area contributed by atoms with Gasteiger partial charge in [0.25, 0.3) is 0 Å². The highest BCUT2D eigenvalue weighted by atomic mass is 127. The van der Waals surface area contributed by atoms with Gasteiger partial charge in [0.05, 0.1) is 9.26 Å². The Hall–Kier alpha value is -0.880. The van der Waals surface area contributed by atoms with Crippen LogP contribution in [0.3, 0.4) is 0 Å². The number of phenols is 1. The quantitative estimate of drug-likeness (QED) is 0.581. The first-order chi connectivity index (χ1) is 8.79. The molecule has 1 aromatic carbocycles. The maximum atomic E-state index is 9.32. The molecule has 0 saturated carbocycles. The highest BCUT2D eigenvalue weighted by Crippen LogP contribution is 2.31. The summed E-state index contributed by atoms with van der Waals surface area (Å²) in [6.07, 6.45) is 0. The van der Waals surface area contributed by atoms with E-state index in [-0.39, 0.29) is 11.2 Å². The lowest BCUT2D eigenvalue weighted by Gasteiger charge is -2.20. The summed E-state index contributed by atoms with van der Waals surface area (Å²) in [6.45, 7) is 6.28. The van der Waals surface area contributed by atoms with Gasteiger partial charge in [-0.2, -0.15) is 0 Å². The van der Waals surface area contributed by atoms with Crippen LogP contribution < -0.4 is 0 Å². The number of nitrogens with zero attached hydrogens (tertiary/aromatic N) is 2. The van der Waals surface area contributed by atoms with Crippen LogP contribution in [0, 0.1) is 3.57 Å². The van der Waals surface area contributed by atoms with Crippen LogP contribution in [-0.4, -0.2) is 15.1 Å². The van der Waals surface area contributed by atoms with Crippen molar-refractivity contribution in [2.45, 2.75) is 26.2 Å². The lowest BCUT2D eigenvalue weighted by molar-refractivity contribution is 0.475. The van der Waals surface area contributed by atoms with Crippen molar-refractivity contribution in [3.05, 3.63) is 38.7 Å². The van der Waals surface area contributed by atoms with Gasteiger partial charge < -0.3 is 5.11 Å². The average Bonchev–Trinajstić information content (AvgIpc) is 2.32. The van der Waals surface area contributed by atoms with E-state index in [4.69, 9.17) is 11.6 Å². The van der Waals surface area contributed by atoms with Crippen molar-refractivity contribution < 1.29 is 5.11 Å². The second-order valence-electron chi connectivity index (χ2n) is 5.30. The largest absolute Gasteiger partial charge is 0.508 e. The Kier molecular flexibility index (Phi) is 4.01. The third-order valence-corrected chi connectivity index (χ3v) is 4.26. The maximum absolute atomic E-state index is 9.32. The number of hydrogen-bond donors (Lipinski definition) is 1. The van der Waals surface area contributed by atoms with Gasteiger partial charge in [0.1, 0.15) is 10.9 Å². The number of aromatic hydroxyl groups is 1. The normalized spacial score (nSPS) is 11.6. The molecule has 0 bridgehead atoms. The Balaban J connectivity index is 2.60. The molecule has 0 radical (unpaired) electrons. The minimum atomic E-state index is -0.102. The van der Waals surface area contributed by atoms with Crippen molar-refractivity contribution >= 4 is 34.2 Å². The zero-order chi connectivity index (χ0) is 14.2. The van der Waals surface area contributed by atoms with Gasteiger partial charge in [-0.3, -0.25) is 0 Å². The standard InChI is InChI=1S/C14H14ClIN2O/c1-14(2,3)11-10(16)12(15)18-13(17-11)8-4-6-9(19)7-5-8/h4-7,19H,1-3H3. The van der Waals surface area contributed by atoms with E-state index in [2.05, 4.69) is 53.3 Å². The van der Waals surface area contributed by atoms with Gasteiger partial charge in [-0.25, -0.2) is 9.97 Å². The molecule has 0 aliphatic rings. The smallest absolute Gasteiger partial charge is 0.161 e. The van der Waals surface area contributed by atoms with E-state index in [1.807, 2.05) is 0 Å². The highest BCUT2D eigenvalue weighted by molar-refractivity contribution is 14.1. The van der Waals surface area contributed by atoms with E-state index in [1.165, 1.54) is 0 Å². The van der Waals surface area contributed by atoms with Gasteiger partial charge in [-0.15, -0.1) is 0 Å². The molecule has 0 aliphatic heterocycles. The second-order valence-corrected chi connectivity index (χ2v) is 6.73. The molecule has 5 heteroatoms. The summed E-state index contributed by atoms with van der Waals surface area (Å²) in [4.78, 5) is 8.93. The molecule has 1 heterocycles. The Labute approximate surface area is 131 Å². The van der Waals surface area contributed by atoms with Gasteiger partial charge in [0.2, 0.25) is 0 Å². The minimum Gasteiger partial charge on any atom is -0.508 e. The van der Waals surface area contributed by atoms with E-state index < -0.39 is 0 Å². The summed E-state index contributed by atoms with van der Waals surface area (Å²) in [5, 5.41) is 9.78. The summed E-state index contributed by atoms with van der Waals surface area (Å²) < 4.78 is 0.884. The molecular weight excluding hydrogens is 375 g/mol. The third-order valence-electron chi connectivity index (χ3n) is 2.65. The van der Waals surface area contributed by atoms with E-state index in [1.54, 1.807) is 24.3 Å². The van der Waals surface area contributed by atoms with Crippen LogP contribution in [0.4, 0.5) is 0 Å². The monoisotopic (exact) mass is 388 g/mol. The number of halogens is 2. The lowest BCUT2D eigenvalue weighted by Crippen LogP contribution is -2.17. The van der Waals surface area contributed by atoms with Crippen molar-refractivity contribution in [1.29, 1.82) is 0 Å². The Morgan fingerprint density at radius 1 is 1.11 bits per heavy atom. The summed E-state index contributed by atoms with van der Waals surface area (Å²) in [5.41, 5.74) is 1.66. The highest BCUT2D eigenvalue weighted by Gasteiger charge is 2.22. The molecule has 100 valence electrons. The van der Waals surface area contributed by atoms with Crippen LogP contribution in [-0.2, 0) is 5.41 Å². The van der Waals surface area contributed by atoms with Crippen LogP contribution in [0.15, 0.2) is 24.3 Å². The van der Waals surface area contributed by atoms with E-state index in [0.29, 0.717) is 11.0 Å². The van der Waals surface area contributed by atoms with Gasteiger partial charge >= 0.3 is 0 Å². The molecule has 0 saturated heterocycles. The molecular formula is C14H14ClIN2O. The van der Waals surface area contributed by atoms with E-state index in [9.17, 15) is 5.11 Å². The maximum Gasteiger partial charge on any atom is 0.161 e. The minimum absolute atomic E-state index is 0.102. The fourth-order valence-electron chi connectivity index (χ4n) is 1.66. The van der Waals surface area contributed by atoms with Gasteiger partial charge in [-0.1, -0.05) is 32.4 Å². The van der Waals surface area contributed by atoms with Crippen LogP contribution in [0.1, 0.15) is 26.5 Å². The van der Waals surface area contributed by atoms with E-state index >= 15 is 0 Å². The Bertz CT molecular complexity index is 606. The van der Waals surface area contributed by atoms with Crippen LogP contribution >= 0.6 is 34.2 Å². The molecule has 2 aromatic rings. The molecule has 0 unspecified atom stereocenters. The first-order valence-electron chi connectivity index (χ1n) is 5.82. The summed E-state index contributed by atoms with van der Waals surface area (Å²) in [5.74, 6) is 0.798. The molecule has 0 aliphatic carbocycles.